The van der Waals surface area contributed by atoms with E-state index < -0.39 is 0 Å². The van der Waals surface area contributed by atoms with E-state index in [9.17, 15) is 4.39 Å². The molecule has 0 aliphatic heterocycles. The van der Waals surface area contributed by atoms with Gasteiger partial charge in [0.15, 0.2) is 0 Å². The van der Waals surface area contributed by atoms with Gasteiger partial charge in [0.1, 0.15) is 5.82 Å². The van der Waals surface area contributed by atoms with Gasteiger partial charge in [0.05, 0.1) is 0 Å². The minimum atomic E-state index is -0.184. The molecule has 3 aromatic carbocycles. The average molecular weight is 279 g/mol. The molecule has 0 saturated carbocycles. The Bertz CT molecular complexity index is 779. The lowest BCUT2D eigenvalue weighted by Crippen LogP contribution is -2.08. The van der Waals surface area contributed by atoms with Crippen LogP contribution in [0, 0.1) is 5.82 Å². The maximum atomic E-state index is 13.9. The van der Waals surface area contributed by atoms with Crippen molar-refractivity contribution in [2.45, 2.75) is 19.4 Å². The molecule has 2 heteroatoms. The highest BCUT2D eigenvalue weighted by Crippen LogP contribution is 2.31. The largest absolute Gasteiger partial charge is 0.324 e. The molecule has 0 aliphatic rings. The maximum Gasteiger partial charge on any atom is 0.131 e. The number of fused-ring (bicyclic) bond motifs is 1. The summed E-state index contributed by atoms with van der Waals surface area (Å²) in [5.41, 5.74) is 9.35. The van der Waals surface area contributed by atoms with E-state index in [4.69, 9.17) is 5.73 Å². The van der Waals surface area contributed by atoms with Crippen molar-refractivity contribution in [3.63, 3.8) is 0 Å². The molecule has 0 heterocycles. The van der Waals surface area contributed by atoms with Gasteiger partial charge in [-0.05, 0) is 40.6 Å². The quantitative estimate of drug-likeness (QED) is 0.713. The van der Waals surface area contributed by atoms with Gasteiger partial charge < -0.3 is 5.73 Å². The molecular weight excluding hydrogens is 261 g/mol. The van der Waals surface area contributed by atoms with Crippen LogP contribution in [0.2, 0.25) is 0 Å². The van der Waals surface area contributed by atoms with Crippen LogP contribution in [-0.2, 0) is 0 Å². The number of benzene rings is 3. The van der Waals surface area contributed by atoms with Gasteiger partial charge in [0.25, 0.3) is 0 Å². The second kappa shape index (κ2) is 5.66. The van der Waals surface area contributed by atoms with E-state index in [2.05, 4.69) is 13.0 Å². The second-order valence-electron chi connectivity index (χ2n) is 5.28. The SMILES string of the molecule is CCC(N)c1cccc(-c2ccc(F)c3ccccc23)c1. The lowest BCUT2D eigenvalue weighted by atomic mass is 9.95. The zero-order valence-electron chi connectivity index (χ0n) is 12.0. The van der Waals surface area contributed by atoms with Crippen molar-refractivity contribution >= 4 is 10.8 Å². The first-order chi connectivity index (χ1) is 10.2. The monoisotopic (exact) mass is 279 g/mol. The third-order valence-corrected chi connectivity index (χ3v) is 3.94. The Morgan fingerprint density at radius 1 is 0.952 bits per heavy atom. The van der Waals surface area contributed by atoms with Crippen LogP contribution in [0.25, 0.3) is 21.9 Å². The molecule has 21 heavy (non-hydrogen) atoms. The Hall–Kier alpha value is -2.19. The lowest BCUT2D eigenvalue weighted by Gasteiger charge is -2.13. The Labute approximate surface area is 124 Å². The van der Waals surface area contributed by atoms with Crippen LogP contribution >= 0.6 is 0 Å². The van der Waals surface area contributed by atoms with E-state index in [1.54, 1.807) is 0 Å². The van der Waals surface area contributed by atoms with E-state index in [-0.39, 0.29) is 11.9 Å². The first-order valence-electron chi connectivity index (χ1n) is 7.24. The normalized spacial score (nSPS) is 12.5. The van der Waals surface area contributed by atoms with Crippen LogP contribution in [0.1, 0.15) is 24.9 Å². The summed E-state index contributed by atoms with van der Waals surface area (Å²) in [6, 6.07) is 19.2. The predicted molar refractivity (Wildman–Crippen MR) is 86.6 cm³/mol. The highest BCUT2D eigenvalue weighted by Gasteiger charge is 2.09. The molecule has 3 rings (SSSR count). The summed E-state index contributed by atoms with van der Waals surface area (Å²) in [6.07, 6.45) is 0.896. The maximum absolute atomic E-state index is 13.9. The Balaban J connectivity index is 2.19. The van der Waals surface area contributed by atoms with Gasteiger partial charge in [-0.1, -0.05) is 55.5 Å². The Kier molecular flexibility index (Phi) is 3.72. The van der Waals surface area contributed by atoms with Gasteiger partial charge in [-0.15, -0.1) is 0 Å². The molecule has 106 valence electrons. The summed E-state index contributed by atoms with van der Waals surface area (Å²) in [6.45, 7) is 2.07. The first-order valence-corrected chi connectivity index (χ1v) is 7.24. The minimum Gasteiger partial charge on any atom is -0.324 e. The zero-order chi connectivity index (χ0) is 14.8. The molecule has 0 aromatic heterocycles. The highest BCUT2D eigenvalue weighted by molar-refractivity contribution is 5.97. The van der Waals surface area contributed by atoms with Crippen molar-refractivity contribution in [1.82, 2.24) is 0 Å². The number of rotatable bonds is 3. The molecule has 3 aromatic rings. The molecule has 1 nitrogen and oxygen atoms in total. The standard InChI is InChI=1S/C19H18FN/c1-2-19(21)14-7-5-6-13(12-14)15-10-11-18(20)17-9-4-3-8-16(15)17/h3-12,19H,2,21H2,1H3. The predicted octanol–water partition coefficient (Wildman–Crippen LogP) is 5.06. The number of nitrogens with two attached hydrogens (primary N) is 1. The van der Waals surface area contributed by atoms with Crippen molar-refractivity contribution in [2.24, 2.45) is 5.73 Å². The summed E-state index contributed by atoms with van der Waals surface area (Å²) in [5.74, 6) is -0.184. The lowest BCUT2D eigenvalue weighted by molar-refractivity contribution is 0.640. The highest BCUT2D eigenvalue weighted by atomic mass is 19.1. The summed E-state index contributed by atoms with van der Waals surface area (Å²) in [4.78, 5) is 0. The van der Waals surface area contributed by atoms with Crippen LogP contribution in [0.15, 0.2) is 60.7 Å². The smallest absolute Gasteiger partial charge is 0.131 e. The summed E-state index contributed by atoms with van der Waals surface area (Å²) < 4.78 is 13.9. The third-order valence-electron chi connectivity index (χ3n) is 3.94. The van der Waals surface area contributed by atoms with Crippen LogP contribution in [0.4, 0.5) is 4.39 Å². The van der Waals surface area contributed by atoms with Gasteiger partial charge >= 0.3 is 0 Å². The van der Waals surface area contributed by atoms with Gasteiger partial charge in [-0.3, -0.25) is 0 Å². The van der Waals surface area contributed by atoms with E-state index in [1.165, 1.54) is 6.07 Å². The van der Waals surface area contributed by atoms with Crippen molar-refractivity contribution in [3.8, 4) is 11.1 Å². The molecule has 0 saturated heterocycles. The molecule has 0 bridgehead atoms. The van der Waals surface area contributed by atoms with Crippen molar-refractivity contribution in [2.75, 3.05) is 0 Å². The van der Waals surface area contributed by atoms with Crippen LogP contribution in [0.3, 0.4) is 0 Å². The van der Waals surface area contributed by atoms with E-state index in [0.717, 1.165) is 28.5 Å². The van der Waals surface area contributed by atoms with Gasteiger partial charge in [-0.2, -0.15) is 0 Å². The average Bonchev–Trinajstić information content (AvgIpc) is 2.55. The molecule has 2 N–H and O–H groups in total. The van der Waals surface area contributed by atoms with Gasteiger partial charge in [0, 0.05) is 11.4 Å². The Morgan fingerprint density at radius 2 is 1.71 bits per heavy atom. The second-order valence-corrected chi connectivity index (χ2v) is 5.28. The first kappa shape index (κ1) is 13.8. The fraction of sp³-hybridized carbons (Fsp3) is 0.158. The van der Waals surface area contributed by atoms with Crippen molar-refractivity contribution in [3.05, 3.63) is 72.0 Å². The van der Waals surface area contributed by atoms with Crippen LogP contribution in [0.5, 0.6) is 0 Å². The van der Waals surface area contributed by atoms with Crippen molar-refractivity contribution in [1.29, 1.82) is 0 Å². The summed E-state index contributed by atoms with van der Waals surface area (Å²) in [5, 5.41) is 1.58. The fourth-order valence-electron chi connectivity index (χ4n) is 2.69. The molecular formula is C19H18FN. The molecule has 0 fully saturated rings. The van der Waals surface area contributed by atoms with Gasteiger partial charge in [-0.25, -0.2) is 4.39 Å². The van der Waals surface area contributed by atoms with E-state index in [1.807, 2.05) is 48.5 Å². The van der Waals surface area contributed by atoms with Gasteiger partial charge in [0.2, 0.25) is 0 Å². The fourth-order valence-corrected chi connectivity index (χ4v) is 2.69. The molecule has 0 radical (unpaired) electrons. The van der Waals surface area contributed by atoms with E-state index >= 15 is 0 Å². The number of hydrogen-bond donors (Lipinski definition) is 1. The summed E-state index contributed by atoms with van der Waals surface area (Å²) >= 11 is 0. The molecule has 1 atom stereocenters. The van der Waals surface area contributed by atoms with Crippen LogP contribution in [-0.4, -0.2) is 0 Å². The minimum absolute atomic E-state index is 0.0386. The van der Waals surface area contributed by atoms with Crippen molar-refractivity contribution < 1.29 is 4.39 Å². The third kappa shape index (κ3) is 2.55. The molecule has 0 spiro atoms. The molecule has 0 aliphatic carbocycles. The van der Waals surface area contributed by atoms with E-state index in [0.29, 0.717) is 5.39 Å². The zero-order valence-corrected chi connectivity index (χ0v) is 12.0. The topological polar surface area (TPSA) is 26.0 Å². The molecule has 0 amide bonds. The number of hydrogen-bond acceptors (Lipinski definition) is 1. The summed E-state index contributed by atoms with van der Waals surface area (Å²) in [7, 11) is 0. The Morgan fingerprint density at radius 3 is 2.48 bits per heavy atom. The van der Waals surface area contributed by atoms with Crippen LogP contribution < -0.4 is 5.73 Å². The molecule has 1 unspecified atom stereocenters. The number of halogens is 1.